The van der Waals surface area contributed by atoms with Gasteiger partial charge in [-0.05, 0) is 38.8 Å². The Labute approximate surface area is 123 Å². The highest BCUT2D eigenvalue weighted by molar-refractivity contribution is 5.94. The van der Waals surface area contributed by atoms with E-state index in [1.54, 1.807) is 12.1 Å². The van der Waals surface area contributed by atoms with Crippen LogP contribution >= 0.6 is 0 Å². The number of carbonyl (C=O) groups excluding carboxylic acids is 2. The average Bonchev–Trinajstić information content (AvgIpc) is 2.90. The van der Waals surface area contributed by atoms with Crippen molar-refractivity contribution in [3.8, 4) is 0 Å². The molecule has 1 aliphatic rings. The zero-order valence-electron chi connectivity index (χ0n) is 12.2. The molecule has 0 aromatic heterocycles. The van der Waals surface area contributed by atoms with E-state index >= 15 is 0 Å². The lowest BCUT2D eigenvalue weighted by atomic mass is 10.2. The first-order chi connectivity index (χ1) is 9.99. The zero-order valence-corrected chi connectivity index (χ0v) is 12.2. The molecule has 1 saturated heterocycles. The molecule has 1 aliphatic heterocycles. The van der Waals surface area contributed by atoms with Gasteiger partial charge in [-0.1, -0.05) is 12.1 Å². The molecule has 1 unspecified atom stereocenters. The van der Waals surface area contributed by atoms with E-state index in [1.807, 2.05) is 13.8 Å². The number of halogens is 1. The van der Waals surface area contributed by atoms with Gasteiger partial charge < -0.3 is 15.5 Å². The molecule has 3 amide bonds. The Morgan fingerprint density at radius 1 is 1.33 bits per heavy atom. The first kappa shape index (κ1) is 15.3. The molecular formula is C15H20FN3O2. The number of urea groups is 1. The van der Waals surface area contributed by atoms with Gasteiger partial charge in [-0.2, -0.15) is 0 Å². The van der Waals surface area contributed by atoms with E-state index in [4.69, 9.17) is 0 Å². The van der Waals surface area contributed by atoms with Crippen LogP contribution in [0.3, 0.4) is 0 Å². The largest absolute Gasteiger partial charge is 0.352 e. The van der Waals surface area contributed by atoms with E-state index in [1.165, 1.54) is 17.0 Å². The van der Waals surface area contributed by atoms with Crippen molar-refractivity contribution in [2.24, 2.45) is 0 Å². The van der Waals surface area contributed by atoms with Crippen LogP contribution in [-0.2, 0) is 4.79 Å². The molecular weight excluding hydrogens is 273 g/mol. The molecule has 2 rings (SSSR count). The van der Waals surface area contributed by atoms with Gasteiger partial charge in [0.15, 0.2) is 0 Å². The zero-order chi connectivity index (χ0) is 15.4. The van der Waals surface area contributed by atoms with Gasteiger partial charge in [0.05, 0.1) is 5.69 Å². The van der Waals surface area contributed by atoms with Crippen molar-refractivity contribution < 1.29 is 14.0 Å². The fourth-order valence-corrected chi connectivity index (χ4v) is 2.41. The quantitative estimate of drug-likeness (QED) is 0.898. The van der Waals surface area contributed by atoms with Crippen molar-refractivity contribution in [1.29, 1.82) is 0 Å². The smallest absolute Gasteiger partial charge is 0.322 e. The van der Waals surface area contributed by atoms with Crippen molar-refractivity contribution in [2.75, 3.05) is 11.9 Å². The standard InChI is InChI=1S/C15H20FN3O2/c1-10(2)17-14(20)13-8-5-9-19(13)15(21)18-12-7-4-3-6-11(12)16/h3-4,6-7,10,13H,5,8-9H2,1-2H3,(H,17,20)(H,18,21). The third kappa shape index (κ3) is 3.71. The summed E-state index contributed by atoms with van der Waals surface area (Å²) in [6.45, 7) is 4.24. The Morgan fingerprint density at radius 3 is 2.71 bits per heavy atom. The number of rotatable bonds is 3. The molecule has 0 bridgehead atoms. The van der Waals surface area contributed by atoms with Crippen molar-refractivity contribution in [3.63, 3.8) is 0 Å². The molecule has 0 aliphatic carbocycles. The number of carbonyl (C=O) groups is 2. The molecule has 114 valence electrons. The Bertz CT molecular complexity index is 533. The van der Waals surface area contributed by atoms with E-state index in [-0.39, 0.29) is 17.6 Å². The Hall–Kier alpha value is -2.11. The summed E-state index contributed by atoms with van der Waals surface area (Å²) in [5, 5.41) is 5.33. The van der Waals surface area contributed by atoms with Crippen LogP contribution in [0.1, 0.15) is 26.7 Å². The number of hydrogen-bond acceptors (Lipinski definition) is 2. The van der Waals surface area contributed by atoms with Crippen LogP contribution in [0, 0.1) is 5.82 Å². The fourth-order valence-electron chi connectivity index (χ4n) is 2.41. The number of benzene rings is 1. The summed E-state index contributed by atoms with van der Waals surface area (Å²) in [5.74, 6) is -0.653. The molecule has 1 aromatic rings. The Morgan fingerprint density at radius 2 is 2.05 bits per heavy atom. The number of amides is 3. The number of hydrogen-bond donors (Lipinski definition) is 2. The lowest BCUT2D eigenvalue weighted by molar-refractivity contribution is -0.125. The minimum atomic E-state index is -0.492. The molecule has 21 heavy (non-hydrogen) atoms. The minimum Gasteiger partial charge on any atom is -0.352 e. The van der Waals surface area contributed by atoms with Crippen LogP contribution in [0.25, 0.3) is 0 Å². The van der Waals surface area contributed by atoms with E-state index in [0.29, 0.717) is 13.0 Å². The summed E-state index contributed by atoms with van der Waals surface area (Å²) in [6.07, 6.45) is 1.39. The highest BCUT2D eigenvalue weighted by Gasteiger charge is 2.34. The normalized spacial score (nSPS) is 17.9. The molecule has 5 nitrogen and oxygen atoms in total. The lowest BCUT2D eigenvalue weighted by Gasteiger charge is -2.25. The second-order valence-corrected chi connectivity index (χ2v) is 5.42. The van der Waals surface area contributed by atoms with Crippen LogP contribution < -0.4 is 10.6 Å². The van der Waals surface area contributed by atoms with Gasteiger partial charge in [-0.15, -0.1) is 0 Å². The van der Waals surface area contributed by atoms with Gasteiger partial charge in [-0.3, -0.25) is 4.79 Å². The second-order valence-electron chi connectivity index (χ2n) is 5.42. The fraction of sp³-hybridized carbons (Fsp3) is 0.467. The monoisotopic (exact) mass is 293 g/mol. The van der Waals surface area contributed by atoms with Crippen LogP contribution in [0.4, 0.5) is 14.9 Å². The summed E-state index contributed by atoms with van der Waals surface area (Å²) in [5.41, 5.74) is 0.123. The van der Waals surface area contributed by atoms with Crippen LogP contribution in [0.15, 0.2) is 24.3 Å². The van der Waals surface area contributed by atoms with Gasteiger partial charge in [0.2, 0.25) is 5.91 Å². The van der Waals surface area contributed by atoms with Gasteiger partial charge in [0.25, 0.3) is 0 Å². The molecule has 0 spiro atoms. The van der Waals surface area contributed by atoms with Crippen molar-refractivity contribution in [1.82, 2.24) is 10.2 Å². The third-order valence-electron chi connectivity index (χ3n) is 3.36. The SMILES string of the molecule is CC(C)NC(=O)C1CCCN1C(=O)Nc1ccccc1F. The van der Waals surface area contributed by atoms with Crippen LogP contribution in [0.2, 0.25) is 0 Å². The third-order valence-corrected chi connectivity index (χ3v) is 3.36. The van der Waals surface area contributed by atoms with Gasteiger partial charge in [0.1, 0.15) is 11.9 Å². The molecule has 0 saturated carbocycles. The predicted molar refractivity (Wildman–Crippen MR) is 78.4 cm³/mol. The molecule has 1 atom stereocenters. The number of anilines is 1. The maximum atomic E-state index is 13.6. The second kappa shape index (κ2) is 6.56. The molecule has 1 aromatic carbocycles. The number of nitrogens with one attached hydrogen (secondary N) is 2. The van der Waals surface area contributed by atoms with Gasteiger partial charge in [0, 0.05) is 12.6 Å². The summed E-state index contributed by atoms with van der Waals surface area (Å²) in [4.78, 5) is 25.8. The van der Waals surface area contributed by atoms with Crippen molar-refractivity contribution in [3.05, 3.63) is 30.1 Å². The number of nitrogens with zero attached hydrogens (tertiary/aromatic N) is 1. The van der Waals surface area contributed by atoms with E-state index in [0.717, 1.165) is 6.42 Å². The predicted octanol–water partition coefficient (Wildman–Crippen LogP) is 2.35. The summed E-state index contributed by atoms with van der Waals surface area (Å²) < 4.78 is 13.6. The topological polar surface area (TPSA) is 61.4 Å². The van der Waals surface area contributed by atoms with E-state index < -0.39 is 17.9 Å². The summed E-state index contributed by atoms with van der Waals surface area (Å²) in [7, 11) is 0. The van der Waals surface area contributed by atoms with Gasteiger partial charge in [-0.25, -0.2) is 9.18 Å². The lowest BCUT2D eigenvalue weighted by Crippen LogP contribution is -2.49. The van der Waals surface area contributed by atoms with E-state index in [2.05, 4.69) is 10.6 Å². The maximum absolute atomic E-state index is 13.6. The molecule has 1 fully saturated rings. The average molecular weight is 293 g/mol. The summed E-state index contributed by atoms with van der Waals surface area (Å²) in [6, 6.07) is 5.07. The Balaban J connectivity index is 2.04. The van der Waals surface area contributed by atoms with Crippen LogP contribution in [0.5, 0.6) is 0 Å². The first-order valence-electron chi connectivity index (χ1n) is 7.11. The minimum absolute atomic E-state index is 0.0228. The molecule has 2 N–H and O–H groups in total. The maximum Gasteiger partial charge on any atom is 0.322 e. The van der Waals surface area contributed by atoms with Crippen LogP contribution in [-0.4, -0.2) is 35.5 Å². The first-order valence-corrected chi connectivity index (χ1v) is 7.11. The number of para-hydroxylation sites is 1. The number of likely N-dealkylation sites (tertiary alicyclic amines) is 1. The van der Waals surface area contributed by atoms with Crippen molar-refractivity contribution >= 4 is 17.6 Å². The summed E-state index contributed by atoms with van der Waals surface area (Å²) >= 11 is 0. The highest BCUT2D eigenvalue weighted by Crippen LogP contribution is 2.20. The molecule has 1 heterocycles. The molecule has 0 radical (unpaired) electrons. The molecule has 6 heteroatoms. The Kier molecular flexibility index (Phi) is 4.77. The van der Waals surface area contributed by atoms with Crippen molar-refractivity contribution in [2.45, 2.75) is 38.8 Å². The highest BCUT2D eigenvalue weighted by atomic mass is 19.1. The van der Waals surface area contributed by atoms with E-state index in [9.17, 15) is 14.0 Å². The van der Waals surface area contributed by atoms with Gasteiger partial charge >= 0.3 is 6.03 Å².